The third kappa shape index (κ3) is 5.25. The number of carbonyl (C=O) groups is 2. The van der Waals surface area contributed by atoms with E-state index < -0.39 is 18.6 Å². The molecule has 0 spiro atoms. The van der Waals surface area contributed by atoms with E-state index in [0.29, 0.717) is 12.0 Å². The lowest BCUT2D eigenvalue weighted by molar-refractivity contribution is -0.137. The number of hydrogen-bond donors (Lipinski definition) is 2. The molecule has 1 amide bonds. The normalized spacial score (nSPS) is 11.8. The molecule has 116 valence electrons. The molecule has 0 aromatic heterocycles. The average Bonchev–Trinajstić information content (AvgIpc) is 2.39. The summed E-state index contributed by atoms with van der Waals surface area (Å²) in [5.41, 5.74) is 0.412. The molecule has 1 atom stereocenters. The van der Waals surface area contributed by atoms with Gasteiger partial charge in [0.1, 0.15) is 0 Å². The quantitative estimate of drug-likeness (QED) is 0.681. The Morgan fingerprint density at radius 3 is 2.67 bits per heavy atom. The molecule has 1 aromatic rings. The molecule has 0 bridgehead atoms. The minimum absolute atomic E-state index is 0.0541. The topological polar surface area (TPSA) is 84.9 Å². The van der Waals surface area contributed by atoms with Gasteiger partial charge in [0.05, 0.1) is 19.1 Å². The second-order valence-corrected chi connectivity index (χ2v) is 3.95. The number of ether oxygens (including phenoxy) is 2. The summed E-state index contributed by atoms with van der Waals surface area (Å²) in [6.45, 7) is -1.12. The van der Waals surface area contributed by atoms with Gasteiger partial charge in [-0.3, -0.25) is 9.59 Å². The molecule has 0 heterocycles. The summed E-state index contributed by atoms with van der Waals surface area (Å²) in [6, 6.07) is 3.21. The Labute approximate surface area is 119 Å². The average molecular weight is 303 g/mol. The Kier molecular flexibility index (Phi) is 6.38. The Balaban J connectivity index is 3.08. The Hall–Kier alpha value is -2.38. The van der Waals surface area contributed by atoms with Crippen molar-refractivity contribution in [3.8, 4) is 11.5 Å². The van der Waals surface area contributed by atoms with Crippen molar-refractivity contribution in [1.82, 2.24) is 5.32 Å². The first-order chi connectivity index (χ1) is 9.97. The molecule has 0 unspecified atom stereocenters. The van der Waals surface area contributed by atoms with Crippen LogP contribution in [0.3, 0.4) is 0 Å². The summed E-state index contributed by atoms with van der Waals surface area (Å²) < 4.78 is 34.1. The van der Waals surface area contributed by atoms with Crippen LogP contribution in [0.15, 0.2) is 18.2 Å². The molecule has 1 aromatic carbocycles. The number of amides is 1. The Bertz CT molecular complexity index is 495. The monoisotopic (exact) mass is 303 g/mol. The van der Waals surface area contributed by atoms with Gasteiger partial charge in [0, 0.05) is 0 Å². The molecule has 0 aliphatic carbocycles. The van der Waals surface area contributed by atoms with Crippen LogP contribution < -0.4 is 14.8 Å². The molecule has 0 radical (unpaired) electrons. The predicted octanol–water partition coefficient (Wildman–Crippen LogP) is 1.95. The van der Waals surface area contributed by atoms with Gasteiger partial charge < -0.3 is 19.9 Å². The molecule has 0 aliphatic rings. The SMILES string of the molecule is CCOc1cc([C@@H](CC(=O)O)NC=O)ccc1OC(F)F. The maximum absolute atomic E-state index is 12.3. The van der Waals surface area contributed by atoms with Gasteiger partial charge in [0.2, 0.25) is 6.41 Å². The van der Waals surface area contributed by atoms with Crippen LogP contribution in [0, 0.1) is 0 Å². The van der Waals surface area contributed by atoms with Crippen LogP contribution in [0.25, 0.3) is 0 Å². The first kappa shape index (κ1) is 16.7. The lowest BCUT2D eigenvalue weighted by Gasteiger charge is -2.17. The third-order valence-electron chi connectivity index (χ3n) is 2.53. The van der Waals surface area contributed by atoms with Crippen LogP contribution in [0.4, 0.5) is 8.78 Å². The van der Waals surface area contributed by atoms with Crippen LogP contribution in [-0.2, 0) is 9.59 Å². The lowest BCUT2D eigenvalue weighted by atomic mass is 10.0. The minimum atomic E-state index is -3.00. The fourth-order valence-corrected chi connectivity index (χ4v) is 1.73. The molecule has 0 saturated heterocycles. The summed E-state index contributed by atoms with van der Waals surface area (Å²) in [7, 11) is 0. The second-order valence-electron chi connectivity index (χ2n) is 3.95. The first-order valence-corrected chi connectivity index (χ1v) is 6.11. The summed E-state index contributed by atoms with van der Waals surface area (Å²) in [6.07, 6.45) is 0.0247. The van der Waals surface area contributed by atoms with Crippen molar-refractivity contribution in [2.75, 3.05) is 6.61 Å². The van der Waals surface area contributed by atoms with E-state index in [1.807, 2.05) is 0 Å². The highest BCUT2D eigenvalue weighted by Crippen LogP contribution is 2.32. The van der Waals surface area contributed by atoms with E-state index in [-0.39, 0.29) is 24.5 Å². The van der Waals surface area contributed by atoms with Crippen LogP contribution in [0.2, 0.25) is 0 Å². The Morgan fingerprint density at radius 1 is 1.43 bits per heavy atom. The van der Waals surface area contributed by atoms with Crippen molar-refractivity contribution in [1.29, 1.82) is 0 Å². The van der Waals surface area contributed by atoms with Gasteiger partial charge in [-0.15, -0.1) is 0 Å². The molecule has 2 N–H and O–H groups in total. The molecule has 8 heteroatoms. The van der Waals surface area contributed by atoms with Gasteiger partial charge in [-0.1, -0.05) is 6.07 Å². The maximum atomic E-state index is 12.3. The van der Waals surface area contributed by atoms with Gasteiger partial charge in [-0.2, -0.15) is 8.78 Å². The summed E-state index contributed by atoms with van der Waals surface area (Å²) >= 11 is 0. The van der Waals surface area contributed by atoms with Crippen LogP contribution >= 0.6 is 0 Å². The highest BCUT2D eigenvalue weighted by atomic mass is 19.3. The summed E-state index contributed by atoms with van der Waals surface area (Å²) in [4.78, 5) is 21.3. The number of carboxylic acids is 1. The molecule has 6 nitrogen and oxygen atoms in total. The minimum Gasteiger partial charge on any atom is -0.490 e. The van der Waals surface area contributed by atoms with E-state index in [9.17, 15) is 18.4 Å². The van der Waals surface area contributed by atoms with Crippen LogP contribution in [-0.4, -0.2) is 30.7 Å². The van der Waals surface area contributed by atoms with E-state index in [0.717, 1.165) is 0 Å². The van der Waals surface area contributed by atoms with E-state index in [1.54, 1.807) is 6.92 Å². The van der Waals surface area contributed by atoms with Crippen molar-refractivity contribution in [2.24, 2.45) is 0 Å². The zero-order chi connectivity index (χ0) is 15.8. The third-order valence-corrected chi connectivity index (χ3v) is 2.53. The summed E-state index contributed by atoms with van der Waals surface area (Å²) in [5, 5.41) is 11.2. The molecule has 0 fully saturated rings. The molecule has 21 heavy (non-hydrogen) atoms. The Morgan fingerprint density at radius 2 is 2.14 bits per heavy atom. The van der Waals surface area contributed by atoms with Crippen molar-refractivity contribution in [2.45, 2.75) is 26.0 Å². The maximum Gasteiger partial charge on any atom is 0.387 e. The van der Waals surface area contributed by atoms with Crippen molar-refractivity contribution < 1.29 is 33.0 Å². The van der Waals surface area contributed by atoms with Gasteiger partial charge in [-0.05, 0) is 24.6 Å². The van der Waals surface area contributed by atoms with E-state index in [1.165, 1.54) is 18.2 Å². The number of alkyl halides is 2. The highest BCUT2D eigenvalue weighted by Gasteiger charge is 2.18. The van der Waals surface area contributed by atoms with Gasteiger partial charge in [0.25, 0.3) is 0 Å². The smallest absolute Gasteiger partial charge is 0.387 e. The molecule has 0 aliphatic heterocycles. The van der Waals surface area contributed by atoms with Crippen molar-refractivity contribution in [3.05, 3.63) is 23.8 Å². The van der Waals surface area contributed by atoms with E-state index >= 15 is 0 Å². The fourth-order valence-electron chi connectivity index (χ4n) is 1.73. The summed E-state index contributed by atoms with van der Waals surface area (Å²) in [5.74, 6) is -1.21. The zero-order valence-corrected chi connectivity index (χ0v) is 11.2. The van der Waals surface area contributed by atoms with Crippen molar-refractivity contribution >= 4 is 12.4 Å². The number of hydrogen-bond acceptors (Lipinski definition) is 4. The number of halogens is 2. The van der Waals surface area contributed by atoms with E-state index in [2.05, 4.69) is 10.1 Å². The van der Waals surface area contributed by atoms with Gasteiger partial charge >= 0.3 is 12.6 Å². The largest absolute Gasteiger partial charge is 0.490 e. The fraction of sp³-hybridized carbons (Fsp3) is 0.385. The number of nitrogens with one attached hydrogen (secondary N) is 1. The lowest BCUT2D eigenvalue weighted by Crippen LogP contribution is -2.22. The van der Waals surface area contributed by atoms with Crippen molar-refractivity contribution in [3.63, 3.8) is 0 Å². The molecular formula is C13H15F2NO5. The first-order valence-electron chi connectivity index (χ1n) is 6.11. The number of aliphatic carboxylic acids is 1. The predicted molar refractivity (Wildman–Crippen MR) is 68.4 cm³/mol. The number of benzene rings is 1. The highest BCUT2D eigenvalue weighted by molar-refractivity contribution is 5.68. The van der Waals surface area contributed by atoms with Gasteiger partial charge in [0.15, 0.2) is 11.5 Å². The van der Waals surface area contributed by atoms with Crippen LogP contribution in [0.5, 0.6) is 11.5 Å². The zero-order valence-electron chi connectivity index (χ0n) is 11.2. The molecule has 0 saturated carbocycles. The molecular weight excluding hydrogens is 288 g/mol. The van der Waals surface area contributed by atoms with Crippen LogP contribution in [0.1, 0.15) is 24.9 Å². The second kappa shape index (κ2) is 8.03. The number of rotatable bonds is 9. The number of carbonyl (C=O) groups excluding carboxylic acids is 1. The molecule has 1 rings (SSSR count). The number of carboxylic acid groups (broad SMARTS) is 1. The standard InChI is InChI=1S/C13H15F2NO5/c1-2-20-11-5-8(3-4-10(11)21-13(14)15)9(16-7-17)6-12(18)19/h3-5,7,9,13H,2,6H2,1H3,(H,16,17)(H,18,19)/t9-/m1/s1. The van der Waals surface area contributed by atoms with Gasteiger partial charge in [-0.25, -0.2) is 0 Å². The van der Waals surface area contributed by atoms with E-state index in [4.69, 9.17) is 9.84 Å².